The molecule has 0 N–H and O–H groups in total. The van der Waals surface area contributed by atoms with E-state index in [1.807, 2.05) is 6.07 Å². The van der Waals surface area contributed by atoms with E-state index in [0.29, 0.717) is 17.1 Å². The zero-order valence-electron chi connectivity index (χ0n) is 11.9. The molecule has 0 amide bonds. The number of nitrogens with zero attached hydrogens (tertiary/aromatic N) is 4. The van der Waals surface area contributed by atoms with E-state index in [-0.39, 0.29) is 0 Å². The maximum absolute atomic E-state index is 6.20. The first-order valence-electron chi connectivity index (χ1n) is 7.72. The predicted octanol–water partition coefficient (Wildman–Crippen LogP) is 2.68. The third-order valence-corrected chi connectivity index (χ3v) is 5.31. The average molecular weight is 293 g/mol. The van der Waals surface area contributed by atoms with Gasteiger partial charge >= 0.3 is 0 Å². The Morgan fingerprint density at radius 2 is 1.90 bits per heavy atom. The number of hydrogen-bond donors (Lipinski definition) is 0. The maximum atomic E-state index is 6.20. The minimum Gasteiger partial charge on any atom is -0.355 e. The van der Waals surface area contributed by atoms with Crippen molar-refractivity contribution in [2.75, 3.05) is 25.0 Å². The maximum Gasteiger partial charge on any atom is 0.135 e. The van der Waals surface area contributed by atoms with Crippen molar-refractivity contribution in [3.05, 3.63) is 17.0 Å². The zero-order valence-corrected chi connectivity index (χ0v) is 12.7. The first kappa shape index (κ1) is 12.8. The fourth-order valence-electron chi connectivity index (χ4n) is 3.63. The summed E-state index contributed by atoms with van der Waals surface area (Å²) in [5, 5.41) is 0.597. The van der Waals surface area contributed by atoms with Crippen molar-refractivity contribution in [1.29, 1.82) is 0 Å². The van der Waals surface area contributed by atoms with Gasteiger partial charge in [-0.25, -0.2) is 9.97 Å². The minimum atomic E-state index is 0.554. The Labute approximate surface area is 125 Å². The van der Waals surface area contributed by atoms with E-state index < -0.39 is 0 Å². The number of rotatable bonds is 2. The summed E-state index contributed by atoms with van der Waals surface area (Å²) in [6.45, 7) is 2.16. The van der Waals surface area contributed by atoms with E-state index in [0.717, 1.165) is 30.8 Å². The van der Waals surface area contributed by atoms with E-state index in [1.54, 1.807) is 0 Å². The van der Waals surface area contributed by atoms with Crippen LogP contribution in [0.15, 0.2) is 6.07 Å². The number of aromatic nitrogens is 2. The Morgan fingerprint density at radius 1 is 1.10 bits per heavy atom. The Balaban J connectivity index is 1.60. The van der Waals surface area contributed by atoms with Crippen LogP contribution in [0.3, 0.4) is 0 Å². The van der Waals surface area contributed by atoms with Gasteiger partial charge in [0.05, 0.1) is 0 Å². The fraction of sp³-hybridized carbons (Fsp3) is 0.733. The lowest BCUT2D eigenvalue weighted by atomic mass is 10.1. The standard InChI is InChI=1S/C15H21ClN4/c1-19-11-4-5-12(19)9-20(7-6-11)14-8-13(16)17-15(18-14)10-2-3-10/h8,10-12H,2-7,9H2,1H3. The van der Waals surface area contributed by atoms with Gasteiger partial charge in [0.2, 0.25) is 0 Å². The van der Waals surface area contributed by atoms with Crippen LogP contribution in [0.1, 0.15) is 43.8 Å². The summed E-state index contributed by atoms with van der Waals surface area (Å²) in [5.74, 6) is 2.54. The van der Waals surface area contributed by atoms with Crippen molar-refractivity contribution in [3.8, 4) is 0 Å². The first-order chi connectivity index (χ1) is 9.70. The van der Waals surface area contributed by atoms with Crippen LogP contribution in [-0.2, 0) is 0 Å². The van der Waals surface area contributed by atoms with E-state index in [2.05, 4.69) is 21.8 Å². The number of fused-ring (bicyclic) bond motifs is 2. The topological polar surface area (TPSA) is 32.3 Å². The SMILES string of the molecule is CN1C2CCC1CN(c1cc(Cl)nc(C3CC3)n1)CC2. The molecule has 5 heteroatoms. The molecule has 2 atom stereocenters. The number of anilines is 1. The average Bonchev–Trinajstić information content (AvgIpc) is 3.18. The number of hydrogen-bond acceptors (Lipinski definition) is 4. The molecule has 3 heterocycles. The zero-order chi connectivity index (χ0) is 13.7. The molecule has 108 valence electrons. The summed E-state index contributed by atoms with van der Waals surface area (Å²) in [4.78, 5) is 14.2. The Morgan fingerprint density at radius 3 is 2.70 bits per heavy atom. The lowest BCUT2D eigenvalue weighted by molar-refractivity contribution is 0.254. The molecule has 0 aromatic carbocycles. The molecule has 1 saturated carbocycles. The van der Waals surface area contributed by atoms with Crippen molar-refractivity contribution < 1.29 is 0 Å². The molecular formula is C15H21ClN4. The molecule has 2 bridgehead atoms. The number of halogens is 1. The van der Waals surface area contributed by atoms with Gasteiger partial charge < -0.3 is 4.90 Å². The molecule has 2 saturated heterocycles. The molecule has 0 radical (unpaired) electrons. The summed E-state index contributed by atoms with van der Waals surface area (Å²) in [7, 11) is 2.27. The molecule has 0 spiro atoms. The summed E-state index contributed by atoms with van der Waals surface area (Å²) >= 11 is 6.20. The molecule has 2 unspecified atom stereocenters. The van der Waals surface area contributed by atoms with E-state index >= 15 is 0 Å². The predicted molar refractivity (Wildman–Crippen MR) is 80.4 cm³/mol. The molecule has 2 aliphatic heterocycles. The molecule has 1 aromatic rings. The second-order valence-electron chi connectivity index (χ2n) is 6.47. The summed E-state index contributed by atoms with van der Waals surface area (Å²) in [5.41, 5.74) is 0. The molecule has 1 aliphatic carbocycles. The fourth-order valence-corrected chi connectivity index (χ4v) is 3.81. The van der Waals surface area contributed by atoms with Crippen molar-refractivity contribution in [2.45, 2.75) is 50.1 Å². The van der Waals surface area contributed by atoms with Gasteiger partial charge in [-0.2, -0.15) is 0 Å². The molecule has 3 fully saturated rings. The highest BCUT2D eigenvalue weighted by Gasteiger charge is 2.35. The second kappa shape index (κ2) is 4.85. The lowest BCUT2D eigenvalue weighted by Crippen LogP contribution is -2.37. The highest BCUT2D eigenvalue weighted by atomic mass is 35.5. The van der Waals surface area contributed by atoms with Gasteiger partial charge in [0, 0.05) is 37.2 Å². The van der Waals surface area contributed by atoms with E-state index in [4.69, 9.17) is 16.6 Å². The molecular weight excluding hydrogens is 272 g/mol. The Kier molecular flexibility index (Phi) is 3.11. The minimum absolute atomic E-state index is 0.554. The van der Waals surface area contributed by atoms with Gasteiger partial charge in [-0.1, -0.05) is 11.6 Å². The quantitative estimate of drug-likeness (QED) is 0.785. The van der Waals surface area contributed by atoms with Crippen LogP contribution in [0.4, 0.5) is 5.82 Å². The van der Waals surface area contributed by atoms with Crippen molar-refractivity contribution in [2.24, 2.45) is 0 Å². The van der Waals surface area contributed by atoms with Crippen LogP contribution < -0.4 is 4.90 Å². The molecule has 3 aliphatic rings. The Bertz CT molecular complexity index is 517. The summed E-state index contributed by atoms with van der Waals surface area (Å²) < 4.78 is 0. The third kappa shape index (κ3) is 2.29. The molecule has 4 nitrogen and oxygen atoms in total. The van der Waals surface area contributed by atoms with Crippen LogP contribution in [0.25, 0.3) is 0 Å². The summed E-state index contributed by atoms with van der Waals surface area (Å²) in [6.07, 6.45) is 6.33. The van der Waals surface area contributed by atoms with Gasteiger partial charge in [-0.15, -0.1) is 0 Å². The monoisotopic (exact) mass is 292 g/mol. The Hall–Kier alpha value is -0.870. The molecule has 4 rings (SSSR count). The van der Waals surface area contributed by atoms with Crippen LogP contribution in [0.5, 0.6) is 0 Å². The van der Waals surface area contributed by atoms with Crippen LogP contribution in [0.2, 0.25) is 5.15 Å². The second-order valence-corrected chi connectivity index (χ2v) is 6.85. The van der Waals surface area contributed by atoms with Crippen molar-refractivity contribution in [3.63, 3.8) is 0 Å². The first-order valence-corrected chi connectivity index (χ1v) is 8.10. The smallest absolute Gasteiger partial charge is 0.135 e. The van der Waals surface area contributed by atoms with Gasteiger partial charge in [0.25, 0.3) is 0 Å². The normalized spacial score (nSPS) is 30.6. The van der Waals surface area contributed by atoms with Crippen LogP contribution in [-0.4, -0.2) is 47.1 Å². The van der Waals surface area contributed by atoms with Gasteiger partial charge in [-0.05, 0) is 39.2 Å². The van der Waals surface area contributed by atoms with Gasteiger partial charge in [0.1, 0.15) is 16.8 Å². The van der Waals surface area contributed by atoms with Crippen molar-refractivity contribution in [1.82, 2.24) is 14.9 Å². The van der Waals surface area contributed by atoms with Gasteiger partial charge in [0.15, 0.2) is 0 Å². The largest absolute Gasteiger partial charge is 0.355 e. The number of likely N-dealkylation sites (N-methyl/N-ethyl adjacent to an activating group) is 1. The van der Waals surface area contributed by atoms with E-state index in [9.17, 15) is 0 Å². The van der Waals surface area contributed by atoms with Gasteiger partial charge in [-0.3, -0.25) is 4.90 Å². The summed E-state index contributed by atoms with van der Waals surface area (Å²) in [6, 6.07) is 3.36. The third-order valence-electron chi connectivity index (χ3n) is 5.11. The van der Waals surface area contributed by atoms with Crippen LogP contribution in [0, 0.1) is 0 Å². The highest BCUT2D eigenvalue weighted by molar-refractivity contribution is 6.29. The van der Waals surface area contributed by atoms with Crippen LogP contribution >= 0.6 is 11.6 Å². The lowest BCUT2D eigenvalue weighted by Gasteiger charge is -2.27. The molecule has 20 heavy (non-hydrogen) atoms. The highest BCUT2D eigenvalue weighted by Crippen LogP contribution is 2.39. The van der Waals surface area contributed by atoms with Crippen molar-refractivity contribution >= 4 is 17.4 Å². The van der Waals surface area contributed by atoms with E-state index in [1.165, 1.54) is 32.1 Å². The molecule has 1 aromatic heterocycles.